The van der Waals surface area contributed by atoms with Gasteiger partial charge in [0.2, 0.25) is 0 Å². The molecule has 17 heteroatoms. The van der Waals surface area contributed by atoms with Crippen LogP contribution in [-0.4, -0.2) is 113 Å². The number of carbonyl (C=O) groups is 3. The van der Waals surface area contributed by atoms with Crippen molar-refractivity contribution in [3.05, 3.63) is 53.9 Å². The molecule has 2 fully saturated rings. The van der Waals surface area contributed by atoms with Crippen LogP contribution in [-0.2, 0) is 46.2 Å². The van der Waals surface area contributed by atoms with Gasteiger partial charge in [0.25, 0.3) is 0 Å². The molecule has 0 amide bonds. The maximum atomic E-state index is 11.4. The van der Waals surface area contributed by atoms with Crippen LogP contribution in [0, 0.1) is 0 Å². The highest BCUT2D eigenvalue weighted by Gasteiger charge is 2.16. The second-order valence-corrected chi connectivity index (χ2v) is 11.2. The third-order valence-electron chi connectivity index (χ3n) is 6.75. The number of hydrogen-bond donors (Lipinski definition) is 1. The number of ether oxygens (including phenoxy) is 7. The van der Waals surface area contributed by atoms with Crippen LogP contribution in [0.15, 0.2) is 36.8 Å². The van der Waals surface area contributed by atoms with E-state index < -0.39 is 11.9 Å². The van der Waals surface area contributed by atoms with Gasteiger partial charge < -0.3 is 33.2 Å². The zero-order valence-electron chi connectivity index (χ0n) is 28.7. The first kappa shape index (κ1) is 41.5. The molecule has 3 aromatic heterocycles. The van der Waals surface area contributed by atoms with E-state index in [4.69, 9.17) is 18.9 Å². The van der Waals surface area contributed by atoms with Gasteiger partial charge in [-0.25, -0.2) is 14.4 Å². The van der Waals surface area contributed by atoms with Crippen molar-refractivity contribution >= 4 is 33.8 Å². The lowest BCUT2D eigenvalue weighted by molar-refractivity contribution is -0.164. The molecule has 2 atom stereocenters. The smallest absolute Gasteiger partial charge is 0.358 e. The van der Waals surface area contributed by atoms with Gasteiger partial charge in [-0.1, -0.05) is 22.9 Å². The Balaban J connectivity index is 0.000000253. The van der Waals surface area contributed by atoms with Gasteiger partial charge in [0.15, 0.2) is 18.3 Å². The molecule has 0 saturated carbocycles. The molecule has 0 aliphatic carbocycles. The van der Waals surface area contributed by atoms with Crippen LogP contribution in [0.1, 0.15) is 83.3 Å². The molecule has 0 radical (unpaired) electrons. The Morgan fingerprint density at radius 3 is 1.98 bits per heavy atom. The summed E-state index contributed by atoms with van der Waals surface area (Å²) in [5, 5.41) is 15.3. The van der Waals surface area contributed by atoms with Gasteiger partial charge in [-0.15, -0.1) is 0 Å². The van der Waals surface area contributed by atoms with Crippen molar-refractivity contribution in [3.63, 3.8) is 0 Å². The van der Waals surface area contributed by atoms with Crippen molar-refractivity contribution in [1.82, 2.24) is 29.8 Å². The molecule has 2 saturated heterocycles. The second kappa shape index (κ2) is 25.3. The highest BCUT2D eigenvalue weighted by molar-refractivity contribution is 9.09. The molecule has 1 N–H and O–H groups in total. The van der Waals surface area contributed by atoms with Crippen molar-refractivity contribution < 1.29 is 47.5 Å². The number of aromatic nitrogens is 6. The number of nitrogens with zero attached hydrogens (tertiary/aromatic N) is 5. The van der Waals surface area contributed by atoms with E-state index in [0.717, 1.165) is 57.1 Å². The lowest BCUT2D eigenvalue weighted by atomic mass is 10.2. The molecular weight excluding hydrogens is 708 g/mol. The second-order valence-electron chi connectivity index (χ2n) is 10.4. The average molecular weight is 758 g/mol. The van der Waals surface area contributed by atoms with Crippen molar-refractivity contribution in [2.24, 2.45) is 0 Å². The molecule has 49 heavy (non-hydrogen) atoms. The van der Waals surface area contributed by atoms with Gasteiger partial charge in [-0.05, 0) is 63.1 Å². The molecule has 2 aliphatic heterocycles. The topological polar surface area (TPSA) is 180 Å². The zero-order valence-corrected chi connectivity index (χ0v) is 30.3. The summed E-state index contributed by atoms with van der Waals surface area (Å²) >= 11 is 3.25. The Labute approximate surface area is 295 Å². The maximum Gasteiger partial charge on any atom is 0.358 e. The molecule has 0 bridgehead atoms. The van der Waals surface area contributed by atoms with Gasteiger partial charge in [0.05, 0.1) is 47.6 Å². The van der Waals surface area contributed by atoms with Crippen LogP contribution in [0.2, 0.25) is 0 Å². The molecular formula is C32H49BrN6O10. The molecule has 5 rings (SSSR count). The van der Waals surface area contributed by atoms with Crippen LogP contribution in [0.25, 0.3) is 0 Å². The summed E-state index contributed by atoms with van der Waals surface area (Å²) in [6.45, 7) is 5.77. The number of nitrogens with one attached hydrogen (secondary N) is 1. The highest BCUT2D eigenvalue weighted by atomic mass is 79.9. The average Bonchev–Trinajstić information content (AvgIpc) is 3.96. The summed E-state index contributed by atoms with van der Waals surface area (Å²) in [4.78, 5) is 33.2. The van der Waals surface area contributed by atoms with Crippen LogP contribution >= 0.6 is 15.9 Å². The number of carbonyl (C=O) groups excluding carboxylic acids is 3. The summed E-state index contributed by atoms with van der Waals surface area (Å²) in [5.41, 5.74) is 1.12. The van der Waals surface area contributed by atoms with E-state index in [1.807, 2.05) is 0 Å². The van der Waals surface area contributed by atoms with E-state index >= 15 is 0 Å². The molecule has 274 valence electrons. The first-order chi connectivity index (χ1) is 23.9. The molecule has 2 unspecified atom stereocenters. The monoisotopic (exact) mass is 756 g/mol. The number of alkyl halides is 1. The molecule has 2 aliphatic rings. The summed E-state index contributed by atoms with van der Waals surface area (Å²) in [5.74, 6) is -1.21. The fourth-order valence-corrected chi connectivity index (χ4v) is 4.20. The van der Waals surface area contributed by atoms with E-state index in [1.165, 1.54) is 33.9 Å². The standard InChI is InChI=1S/2C12H18N2O4.C5H6N2O2.C3H7Br/c1-16-12(15)10-5-6-14(13-10)7-9-18-11-4-2-3-8-17-11;1-16-12(15)10-5-6-13-14(10)7-9-18-11-4-2-3-8-17-11;1-9-5(8)4-2-3-6-7-4;1-2-3-4/h2*5-6,11H,2-4,7-9H2,1H3;2-3H,1H3,(H,6,7);2-3H2,1H3. The lowest BCUT2D eigenvalue weighted by Gasteiger charge is -2.22. The summed E-state index contributed by atoms with van der Waals surface area (Å²) < 4.78 is 39.0. The van der Waals surface area contributed by atoms with E-state index in [9.17, 15) is 14.4 Å². The number of halogens is 1. The molecule has 0 spiro atoms. The van der Waals surface area contributed by atoms with Crippen LogP contribution < -0.4 is 0 Å². The minimum Gasteiger partial charge on any atom is -0.464 e. The number of methoxy groups -OCH3 is 3. The maximum absolute atomic E-state index is 11.4. The number of hydrogen-bond acceptors (Lipinski definition) is 13. The lowest BCUT2D eigenvalue weighted by Crippen LogP contribution is -2.24. The Bertz CT molecular complexity index is 1310. The van der Waals surface area contributed by atoms with Gasteiger partial charge in [-0.2, -0.15) is 15.3 Å². The first-order valence-corrected chi connectivity index (χ1v) is 17.3. The largest absolute Gasteiger partial charge is 0.464 e. The SMILES string of the molecule is CCCBr.COC(=O)c1ccn(CCOC2CCCCO2)n1.COC(=O)c1ccn[nH]1.COC(=O)c1ccnn1CCOC1CCCCO1. The Morgan fingerprint density at radius 2 is 1.47 bits per heavy atom. The van der Waals surface area contributed by atoms with Gasteiger partial charge in [0, 0.05) is 37.1 Å². The Hall–Kier alpha value is -3.64. The Kier molecular flexibility index (Phi) is 21.5. The van der Waals surface area contributed by atoms with E-state index in [2.05, 4.69) is 57.5 Å². The van der Waals surface area contributed by atoms with Crippen molar-refractivity contribution in [3.8, 4) is 0 Å². The quantitative estimate of drug-likeness (QED) is 0.156. The summed E-state index contributed by atoms with van der Waals surface area (Å²) in [6, 6.07) is 4.80. The predicted octanol–water partition coefficient (Wildman–Crippen LogP) is 4.41. The number of H-pyrrole nitrogens is 1. The van der Waals surface area contributed by atoms with E-state index in [1.54, 1.807) is 40.0 Å². The Morgan fingerprint density at radius 1 is 0.857 bits per heavy atom. The summed E-state index contributed by atoms with van der Waals surface area (Å²) in [7, 11) is 4.01. The third-order valence-corrected chi connectivity index (χ3v) is 7.54. The van der Waals surface area contributed by atoms with Gasteiger partial charge in [-0.3, -0.25) is 14.5 Å². The van der Waals surface area contributed by atoms with Gasteiger partial charge >= 0.3 is 17.9 Å². The molecule has 3 aromatic rings. The number of esters is 3. The van der Waals surface area contributed by atoms with Crippen LogP contribution in [0.5, 0.6) is 0 Å². The van der Waals surface area contributed by atoms with Crippen molar-refractivity contribution in [1.29, 1.82) is 0 Å². The van der Waals surface area contributed by atoms with Crippen molar-refractivity contribution in [2.45, 2.75) is 77.5 Å². The van der Waals surface area contributed by atoms with Crippen LogP contribution in [0.3, 0.4) is 0 Å². The third kappa shape index (κ3) is 16.5. The fraction of sp³-hybridized carbons (Fsp3) is 0.625. The number of aromatic amines is 1. The predicted molar refractivity (Wildman–Crippen MR) is 180 cm³/mol. The summed E-state index contributed by atoms with van der Waals surface area (Å²) in [6.07, 6.45) is 12.2. The minimum atomic E-state index is -0.426. The van der Waals surface area contributed by atoms with E-state index in [-0.39, 0.29) is 18.5 Å². The van der Waals surface area contributed by atoms with Gasteiger partial charge in [0.1, 0.15) is 11.4 Å². The molecule has 16 nitrogen and oxygen atoms in total. The highest BCUT2D eigenvalue weighted by Crippen LogP contribution is 2.14. The number of rotatable bonds is 12. The molecule has 0 aromatic carbocycles. The minimum absolute atomic E-state index is 0.0885. The normalized spacial score (nSPS) is 16.8. The van der Waals surface area contributed by atoms with Crippen molar-refractivity contribution in [2.75, 3.05) is 53.1 Å². The molecule has 5 heterocycles. The first-order valence-electron chi connectivity index (χ1n) is 16.2. The fourth-order valence-electron chi connectivity index (χ4n) is 4.20. The van der Waals surface area contributed by atoms with Crippen LogP contribution in [0.4, 0.5) is 0 Å². The zero-order chi connectivity index (χ0) is 35.7. The van der Waals surface area contributed by atoms with E-state index in [0.29, 0.717) is 43.4 Å².